The molecule has 162 valence electrons. The SMILES string of the molecule is CC(c1ccccc1)N1CC(C(=O)N2CCN(C(=O)c3ccccc3O)CC2)CC1=O. The lowest BCUT2D eigenvalue weighted by Gasteiger charge is -2.36. The van der Waals surface area contributed by atoms with Gasteiger partial charge in [0, 0.05) is 39.1 Å². The molecule has 2 aliphatic heterocycles. The topological polar surface area (TPSA) is 81.2 Å². The largest absolute Gasteiger partial charge is 0.507 e. The number of hydrogen-bond donors (Lipinski definition) is 1. The Kier molecular flexibility index (Phi) is 5.93. The van der Waals surface area contributed by atoms with Crippen molar-refractivity contribution < 1.29 is 19.5 Å². The Hall–Kier alpha value is -3.35. The fourth-order valence-electron chi connectivity index (χ4n) is 4.40. The lowest BCUT2D eigenvalue weighted by atomic mass is 10.1. The van der Waals surface area contributed by atoms with Gasteiger partial charge in [0.25, 0.3) is 5.91 Å². The summed E-state index contributed by atoms with van der Waals surface area (Å²) in [6.45, 7) is 4.08. The molecule has 0 saturated carbocycles. The summed E-state index contributed by atoms with van der Waals surface area (Å²) < 4.78 is 0. The predicted molar refractivity (Wildman–Crippen MR) is 115 cm³/mol. The number of phenols is 1. The maximum Gasteiger partial charge on any atom is 0.257 e. The fraction of sp³-hybridized carbons (Fsp3) is 0.375. The summed E-state index contributed by atoms with van der Waals surface area (Å²) >= 11 is 0. The molecule has 0 aromatic heterocycles. The molecule has 2 aliphatic rings. The number of likely N-dealkylation sites (tertiary alicyclic amines) is 1. The molecule has 7 nitrogen and oxygen atoms in total. The second kappa shape index (κ2) is 8.79. The first-order chi connectivity index (χ1) is 15.0. The van der Waals surface area contributed by atoms with Gasteiger partial charge in [-0.05, 0) is 24.6 Å². The highest BCUT2D eigenvalue weighted by molar-refractivity contribution is 5.97. The van der Waals surface area contributed by atoms with Gasteiger partial charge in [-0.3, -0.25) is 14.4 Å². The summed E-state index contributed by atoms with van der Waals surface area (Å²) in [5, 5.41) is 9.92. The third kappa shape index (κ3) is 4.26. The molecule has 2 heterocycles. The highest BCUT2D eigenvalue weighted by atomic mass is 16.3. The number of amides is 3. The number of para-hydroxylation sites is 1. The molecule has 31 heavy (non-hydrogen) atoms. The normalized spacial score (nSPS) is 20.1. The Labute approximate surface area is 181 Å². The van der Waals surface area contributed by atoms with Crippen LogP contribution in [0.3, 0.4) is 0 Å². The molecule has 2 fully saturated rings. The standard InChI is InChI=1S/C24H27N3O4/c1-17(18-7-3-2-4-8-18)27-16-19(15-22(27)29)23(30)25-11-13-26(14-12-25)24(31)20-9-5-6-10-21(20)28/h2-10,17,19,28H,11-16H2,1H3. The number of benzene rings is 2. The Morgan fingerprint density at radius 3 is 2.23 bits per heavy atom. The van der Waals surface area contributed by atoms with E-state index in [1.807, 2.05) is 37.3 Å². The van der Waals surface area contributed by atoms with Gasteiger partial charge in [0.05, 0.1) is 17.5 Å². The van der Waals surface area contributed by atoms with Crippen LogP contribution >= 0.6 is 0 Å². The lowest BCUT2D eigenvalue weighted by molar-refractivity contribution is -0.137. The van der Waals surface area contributed by atoms with Crippen LogP contribution in [-0.2, 0) is 9.59 Å². The van der Waals surface area contributed by atoms with E-state index in [-0.39, 0.29) is 47.4 Å². The van der Waals surface area contributed by atoms with Gasteiger partial charge in [0.15, 0.2) is 0 Å². The molecule has 4 rings (SSSR count). The number of hydrogen-bond acceptors (Lipinski definition) is 4. The van der Waals surface area contributed by atoms with Crippen molar-refractivity contribution in [2.24, 2.45) is 5.92 Å². The molecule has 7 heteroatoms. The van der Waals surface area contributed by atoms with E-state index in [1.165, 1.54) is 6.07 Å². The van der Waals surface area contributed by atoms with Gasteiger partial charge in [0.1, 0.15) is 5.75 Å². The van der Waals surface area contributed by atoms with E-state index in [1.54, 1.807) is 32.9 Å². The molecule has 0 spiro atoms. The first-order valence-electron chi connectivity index (χ1n) is 10.7. The van der Waals surface area contributed by atoms with Crippen LogP contribution in [-0.4, -0.2) is 70.3 Å². The summed E-state index contributed by atoms with van der Waals surface area (Å²) in [4.78, 5) is 43.5. The molecule has 2 aromatic rings. The van der Waals surface area contributed by atoms with Crippen molar-refractivity contribution in [3.63, 3.8) is 0 Å². The first-order valence-corrected chi connectivity index (χ1v) is 10.7. The highest BCUT2D eigenvalue weighted by Gasteiger charge is 2.39. The van der Waals surface area contributed by atoms with Gasteiger partial charge >= 0.3 is 0 Å². The number of aromatic hydroxyl groups is 1. The van der Waals surface area contributed by atoms with Gasteiger partial charge in [-0.25, -0.2) is 0 Å². The number of piperazine rings is 1. The van der Waals surface area contributed by atoms with E-state index in [4.69, 9.17) is 0 Å². The highest BCUT2D eigenvalue weighted by Crippen LogP contribution is 2.29. The zero-order valence-corrected chi connectivity index (χ0v) is 17.6. The van der Waals surface area contributed by atoms with E-state index >= 15 is 0 Å². The molecule has 2 aromatic carbocycles. The summed E-state index contributed by atoms with van der Waals surface area (Å²) in [6.07, 6.45) is 0.229. The molecule has 0 bridgehead atoms. The Bertz CT molecular complexity index is 970. The maximum absolute atomic E-state index is 13.1. The van der Waals surface area contributed by atoms with Crippen LogP contribution in [0.25, 0.3) is 0 Å². The molecular weight excluding hydrogens is 394 g/mol. The van der Waals surface area contributed by atoms with Crippen molar-refractivity contribution in [3.05, 3.63) is 65.7 Å². The number of nitrogens with zero attached hydrogens (tertiary/aromatic N) is 3. The average Bonchev–Trinajstić information content (AvgIpc) is 3.20. The van der Waals surface area contributed by atoms with E-state index < -0.39 is 0 Å². The Morgan fingerprint density at radius 1 is 0.935 bits per heavy atom. The molecular formula is C24H27N3O4. The molecule has 2 atom stereocenters. The third-order valence-corrected chi connectivity index (χ3v) is 6.27. The summed E-state index contributed by atoms with van der Waals surface area (Å²) in [5.41, 5.74) is 1.33. The van der Waals surface area contributed by atoms with Gasteiger partial charge in [-0.2, -0.15) is 0 Å². The maximum atomic E-state index is 13.1. The molecule has 2 saturated heterocycles. The zero-order chi connectivity index (χ0) is 22.0. The van der Waals surface area contributed by atoms with E-state index in [9.17, 15) is 19.5 Å². The molecule has 1 N–H and O–H groups in total. The van der Waals surface area contributed by atoms with Crippen molar-refractivity contribution in [3.8, 4) is 5.75 Å². The fourth-order valence-corrected chi connectivity index (χ4v) is 4.40. The summed E-state index contributed by atoms with van der Waals surface area (Å²) in [7, 11) is 0. The van der Waals surface area contributed by atoms with Crippen LogP contribution in [0.1, 0.15) is 35.3 Å². The van der Waals surface area contributed by atoms with Crippen molar-refractivity contribution in [2.75, 3.05) is 32.7 Å². The number of carbonyl (C=O) groups excluding carboxylic acids is 3. The molecule has 0 aliphatic carbocycles. The van der Waals surface area contributed by atoms with Crippen LogP contribution in [0.5, 0.6) is 5.75 Å². The van der Waals surface area contributed by atoms with Crippen molar-refractivity contribution in [2.45, 2.75) is 19.4 Å². The number of rotatable bonds is 4. The predicted octanol–water partition coefficient (Wildman–Crippen LogP) is 2.29. The van der Waals surface area contributed by atoms with Gasteiger partial charge in [-0.15, -0.1) is 0 Å². The zero-order valence-electron chi connectivity index (χ0n) is 17.6. The smallest absolute Gasteiger partial charge is 0.257 e. The van der Waals surface area contributed by atoms with Crippen molar-refractivity contribution in [1.82, 2.24) is 14.7 Å². The minimum atomic E-state index is -0.348. The Balaban J connectivity index is 1.34. The second-order valence-electron chi connectivity index (χ2n) is 8.17. The monoisotopic (exact) mass is 421 g/mol. The van der Waals surface area contributed by atoms with Crippen LogP contribution < -0.4 is 0 Å². The number of carbonyl (C=O) groups is 3. The minimum absolute atomic E-state index is 0.00284. The molecule has 2 unspecified atom stereocenters. The molecule has 0 radical (unpaired) electrons. The van der Waals surface area contributed by atoms with E-state index in [2.05, 4.69) is 0 Å². The van der Waals surface area contributed by atoms with Crippen molar-refractivity contribution >= 4 is 17.7 Å². The summed E-state index contributed by atoms with van der Waals surface area (Å²) in [6, 6.07) is 16.2. The summed E-state index contributed by atoms with van der Waals surface area (Å²) in [5.74, 6) is -0.639. The third-order valence-electron chi connectivity index (χ3n) is 6.27. The van der Waals surface area contributed by atoms with Crippen LogP contribution in [0.2, 0.25) is 0 Å². The average molecular weight is 421 g/mol. The van der Waals surface area contributed by atoms with Crippen LogP contribution in [0, 0.1) is 5.92 Å². The molecule has 3 amide bonds. The van der Waals surface area contributed by atoms with Gasteiger partial charge < -0.3 is 19.8 Å². The quantitative estimate of drug-likeness (QED) is 0.821. The van der Waals surface area contributed by atoms with Gasteiger partial charge in [-0.1, -0.05) is 42.5 Å². The second-order valence-corrected chi connectivity index (χ2v) is 8.17. The van der Waals surface area contributed by atoms with Crippen LogP contribution in [0.15, 0.2) is 54.6 Å². The van der Waals surface area contributed by atoms with Gasteiger partial charge in [0.2, 0.25) is 11.8 Å². The van der Waals surface area contributed by atoms with E-state index in [0.717, 1.165) is 5.56 Å². The first kappa shape index (κ1) is 20.9. The number of phenolic OH excluding ortho intramolecular Hbond substituents is 1. The lowest BCUT2D eigenvalue weighted by Crippen LogP contribution is -2.52. The van der Waals surface area contributed by atoms with Crippen LogP contribution in [0.4, 0.5) is 0 Å². The van der Waals surface area contributed by atoms with Crippen molar-refractivity contribution in [1.29, 1.82) is 0 Å². The minimum Gasteiger partial charge on any atom is -0.507 e. The van der Waals surface area contributed by atoms with E-state index in [0.29, 0.717) is 32.7 Å². The Morgan fingerprint density at radius 2 is 1.55 bits per heavy atom.